The predicted molar refractivity (Wildman–Crippen MR) is 95.4 cm³/mol. The van der Waals surface area contributed by atoms with E-state index < -0.39 is 0 Å². The van der Waals surface area contributed by atoms with E-state index in [0.29, 0.717) is 11.3 Å². The van der Waals surface area contributed by atoms with Gasteiger partial charge in [0.2, 0.25) is 0 Å². The van der Waals surface area contributed by atoms with Crippen LogP contribution in [0, 0.1) is 5.92 Å². The molecule has 0 amide bonds. The van der Waals surface area contributed by atoms with E-state index in [1.54, 1.807) is 0 Å². The fourth-order valence-electron chi connectivity index (χ4n) is 3.28. The van der Waals surface area contributed by atoms with Gasteiger partial charge in [-0.3, -0.25) is 0 Å². The van der Waals surface area contributed by atoms with Crippen LogP contribution in [0.1, 0.15) is 52.4 Å². The number of benzene rings is 1. The molecule has 3 unspecified atom stereocenters. The molecule has 0 bridgehead atoms. The van der Waals surface area contributed by atoms with E-state index >= 15 is 0 Å². The fraction of sp³-hybridized carbons (Fsp3) is 0.667. The zero-order chi connectivity index (χ0) is 15.1. The molecule has 2 rings (SSSR count). The molecule has 3 heteroatoms. The summed E-state index contributed by atoms with van der Waals surface area (Å²) < 4.78 is 0. The van der Waals surface area contributed by atoms with Gasteiger partial charge in [0.25, 0.3) is 0 Å². The zero-order valence-electron chi connectivity index (χ0n) is 13.3. The molecule has 1 N–H and O–H groups in total. The number of hydrogen-bond donors (Lipinski definition) is 1. The molecule has 1 fully saturated rings. The molecule has 0 aromatic heterocycles. The third kappa shape index (κ3) is 5.19. The maximum atomic E-state index is 6.35. The lowest BCUT2D eigenvalue weighted by Gasteiger charge is -2.36. The van der Waals surface area contributed by atoms with E-state index in [4.69, 9.17) is 11.6 Å². The minimum atomic E-state index is 0.638. The molecule has 1 aromatic rings. The van der Waals surface area contributed by atoms with Crippen molar-refractivity contribution in [3.8, 4) is 0 Å². The predicted octanol–water partition coefficient (Wildman–Crippen LogP) is 5.77. The minimum absolute atomic E-state index is 0.638. The molecule has 1 saturated carbocycles. The molecule has 1 aromatic carbocycles. The van der Waals surface area contributed by atoms with Crippen LogP contribution in [0.25, 0.3) is 0 Å². The molecule has 0 aliphatic heterocycles. The monoisotopic (exact) mass is 325 g/mol. The van der Waals surface area contributed by atoms with Gasteiger partial charge in [-0.15, -0.1) is 11.8 Å². The lowest BCUT2D eigenvalue weighted by molar-refractivity contribution is 0.287. The van der Waals surface area contributed by atoms with Crippen LogP contribution in [0.4, 0.5) is 0 Å². The quantitative estimate of drug-likeness (QED) is 0.683. The van der Waals surface area contributed by atoms with E-state index in [9.17, 15) is 0 Å². The van der Waals surface area contributed by atoms with E-state index in [1.165, 1.54) is 43.4 Å². The Morgan fingerprint density at radius 1 is 1.19 bits per heavy atom. The second-order valence-electron chi connectivity index (χ2n) is 6.12. The first-order chi connectivity index (χ1) is 10.2. The normalized spacial score (nSPS) is 26.0. The Bertz CT molecular complexity index is 423. The summed E-state index contributed by atoms with van der Waals surface area (Å²) >= 11 is 8.34. The third-order valence-corrected chi connectivity index (χ3v) is 6.24. The van der Waals surface area contributed by atoms with Crippen LogP contribution in [-0.4, -0.2) is 17.8 Å². The van der Waals surface area contributed by atoms with Crippen LogP contribution < -0.4 is 5.32 Å². The van der Waals surface area contributed by atoms with Gasteiger partial charge in [0, 0.05) is 16.2 Å². The first kappa shape index (κ1) is 17.2. The molecular formula is C18H28ClNS. The Hall–Kier alpha value is -0.180. The number of halogens is 1. The van der Waals surface area contributed by atoms with Gasteiger partial charge in [0.1, 0.15) is 0 Å². The highest BCUT2D eigenvalue weighted by atomic mass is 35.5. The van der Waals surface area contributed by atoms with Crippen LogP contribution in [0.2, 0.25) is 5.02 Å². The van der Waals surface area contributed by atoms with Crippen molar-refractivity contribution in [2.24, 2.45) is 5.92 Å². The fourth-order valence-corrected chi connectivity index (χ4v) is 4.98. The highest BCUT2D eigenvalue weighted by Gasteiger charge is 2.30. The van der Waals surface area contributed by atoms with Gasteiger partial charge in [-0.2, -0.15) is 0 Å². The van der Waals surface area contributed by atoms with Crippen molar-refractivity contribution < 1.29 is 0 Å². The SMILES string of the molecule is CCCNC1CCC(CCC)CC1Sc1ccccc1Cl. The molecule has 118 valence electrons. The summed E-state index contributed by atoms with van der Waals surface area (Å²) in [5, 5.41) is 5.31. The summed E-state index contributed by atoms with van der Waals surface area (Å²) in [6, 6.07) is 8.91. The van der Waals surface area contributed by atoms with Crippen LogP contribution in [0.15, 0.2) is 29.2 Å². The molecule has 3 atom stereocenters. The van der Waals surface area contributed by atoms with Gasteiger partial charge >= 0.3 is 0 Å². The topological polar surface area (TPSA) is 12.0 Å². The molecule has 0 spiro atoms. The second kappa shape index (κ2) is 9.07. The summed E-state index contributed by atoms with van der Waals surface area (Å²) in [5.74, 6) is 0.898. The van der Waals surface area contributed by atoms with Gasteiger partial charge in [-0.25, -0.2) is 0 Å². The first-order valence-electron chi connectivity index (χ1n) is 8.39. The smallest absolute Gasteiger partial charge is 0.0541 e. The van der Waals surface area contributed by atoms with Gasteiger partial charge < -0.3 is 5.32 Å². The number of hydrogen-bond acceptors (Lipinski definition) is 2. The number of thioether (sulfide) groups is 1. The van der Waals surface area contributed by atoms with E-state index in [-0.39, 0.29) is 0 Å². The van der Waals surface area contributed by atoms with E-state index in [1.807, 2.05) is 23.9 Å². The summed E-state index contributed by atoms with van der Waals surface area (Å²) in [6.07, 6.45) is 7.91. The first-order valence-corrected chi connectivity index (χ1v) is 9.64. The van der Waals surface area contributed by atoms with Gasteiger partial charge in [-0.05, 0) is 50.3 Å². The summed E-state index contributed by atoms with van der Waals surface area (Å²) in [6.45, 7) is 5.67. The van der Waals surface area contributed by atoms with Crippen molar-refractivity contribution in [1.29, 1.82) is 0 Å². The minimum Gasteiger partial charge on any atom is -0.313 e. The zero-order valence-corrected chi connectivity index (χ0v) is 14.8. The third-order valence-electron chi connectivity index (χ3n) is 4.37. The van der Waals surface area contributed by atoms with Gasteiger partial charge in [-0.1, -0.05) is 50.4 Å². The lowest BCUT2D eigenvalue weighted by Crippen LogP contribution is -2.43. The highest BCUT2D eigenvalue weighted by Crippen LogP contribution is 2.40. The largest absolute Gasteiger partial charge is 0.313 e. The average molecular weight is 326 g/mol. The number of nitrogens with one attached hydrogen (secondary N) is 1. The van der Waals surface area contributed by atoms with Crippen molar-refractivity contribution in [2.75, 3.05) is 6.54 Å². The molecule has 21 heavy (non-hydrogen) atoms. The van der Waals surface area contributed by atoms with Gasteiger partial charge in [0.05, 0.1) is 5.02 Å². The van der Waals surface area contributed by atoms with Crippen molar-refractivity contribution in [1.82, 2.24) is 5.32 Å². The molecule has 1 nitrogen and oxygen atoms in total. The highest BCUT2D eigenvalue weighted by molar-refractivity contribution is 8.00. The van der Waals surface area contributed by atoms with Gasteiger partial charge in [0.15, 0.2) is 0 Å². The second-order valence-corrected chi connectivity index (χ2v) is 7.80. The molecule has 1 aliphatic carbocycles. The Morgan fingerprint density at radius 2 is 2.00 bits per heavy atom. The Balaban J connectivity index is 2.03. The van der Waals surface area contributed by atoms with Crippen molar-refractivity contribution >= 4 is 23.4 Å². The van der Waals surface area contributed by atoms with Crippen LogP contribution in [0.3, 0.4) is 0 Å². The van der Waals surface area contributed by atoms with Crippen LogP contribution in [0.5, 0.6) is 0 Å². The summed E-state index contributed by atoms with van der Waals surface area (Å²) in [5.41, 5.74) is 0. The van der Waals surface area contributed by atoms with E-state index in [2.05, 4.69) is 31.3 Å². The van der Waals surface area contributed by atoms with E-state index in [0.717, 1.165) is 17.5 Å². The summed E-state index contributed by atoms with van der Waals surface area (Å²) in [4.78, 5) is 1.24. The standard InChI is InChI=1S/C18H28ClNS/c1-3-7-14-10-11-16(20-12-4-2)18(13-14)21-17-9-6-5-8-15(17)19/h5-6,8-9,14,16,18,20H,3-4,7,10-13H2,1-2H3. The summed E-state index contributed by atoms with van der Waals surface area (Å²) in [7, 11) is 0. The molecule has 0 heterocycles. The molecular weight excluding hydrogens is 298 g/mol. The molecule has 0 radical (unpaired) electrons. The lowest BCUT2D eigenvalue weighted by atomic mass is 9.83. The average Bonchev–Trinajstić information content (AvgIpc) is 2.49. The Morgan fingerprint density at radius 3 is 2.71 bits per heavy atom. The molecule has 1 aliphatic rings. The Kier molecular flexibility index (Phi) is 7.42. The van der Waals surface area contributed by atoms with Crippen molar-refractivity contribution in [3.63, 3.8) is 0 Å². The van der Waals surface area contributed by atoms with Crippen molar-refractivity contribution in [2.45, 2.75) is 68.6 Å². The Labute approximate surface area is 139 Å². The number of rotatable bonds is 7. The maximum Gasteiger partial charge on any atom is 0.0541 e. The molecule has 0 saturated heterocycles. The van der Waals surface area contributed by atoms with Crippen molar-refractivity contribution in [3.05, 3.63) is 29.3 Å². The maximum absolute atomic E-state index is 6.35. The van der Waals surface area contributed by atoms with Crippen LogP contribution in [-0.2, 0) is 0 Å². The van der Waals surface area contributed by atoms with Crippen LogP contribution >= 0.6 is 23.4 Å².